The Labute approximate surface area is 82.0 Å². The van der Waals surface area contributed by atoms with Crippen molar-refractivity contribution < 1.29 is 26.5 Å². The van der Waals surface area contributed by atoms with Gasteiger partial charge in [-0.25, -0.2) is 8.78 Å². The first-order valence-corrected chi connectivity index (χ1v) is 3.94. The van der Waals surface area contributed by atoms with Gasteiger partial charge >= 0.3 is 13.4 Å². The summed E-state index contributed by atoms with van der Waals surface area (Å²) in [6.45, 7) is -5.16. The Bertz CT molecular complexity index is 356. The van der Waals surface area contributed by atoms with Crippen LogP contribution in [0, 0.1) is 0 Å². The van der Waals surface area contributed by atoms with Crippen molar-refractivity contribution in [2.24, 2.45) is 0 Å². The van der Waals surface area contributed by atoms with E-state index in [1.54, 1.807) is 0 Å². The van der Waals surface area contributed by atoms with Crippen LogP contribution in [0.25, 0.3) is 0 Å². The number of ketones is 1. The Kier molecular flexibility index (Phi) is 3.11. The van der Waals surface area contributed by atoms with Crippen molar-refractivity contribution in [2.45, 2.75) is 6.43 Å². The maximum Gasteiger partial charge on any atom is 0.509 e. The molecule has 0 saturated carbocycles. The summed E-state index contributed by atoms with van der Waals surface area (Å²) < 4.78 is 60.1. The molecule has 0 heterocycles. The fourth-order valence-corrected chi connectivity index (χ4v) is 0.992. The van der Waals surface area contributed by atoms with Crippen LogP contribution in [-0.2, 0) is 0 Å². The number of benzene rings is 1. The molecule has 0 aliphatic heterocycles. The predicted octanol–water partition coefficient (Wildman–Crippen LogP) is 2.19. The van der Waals surface area contributed by atoms with E-state index in [4.69, 9.17) is 0 Å². The van der Waals surface area contributed by atoms with E-state index in [2.05, 4.69) is 0 Å². The van der Waals surface area contributed by atoms with Gasteiger partial charge < -0.3 is 12.9 Å². The van der Waals surface area contributed by atoms with Gasteiger partial charge in [0, 0.05) is 5.56 Å². The minimum absolute atomic E-state index is 0.422. The highest BCUT2D eigenvalue weighted by Crippen LogP contribution is 2.11. The van der Waals surface area contributed by atoms with Gasteiger partial charge in [-0.05, 0) is 0 Å². The fourth-order valence-electron chi connectivity index (χ4n) is 0.992. The van der Waals surface area contributed by atoms with Crippen LogP contribution in [0.15, 0.2) is 24.3 Å². The van der Waals surface area contributed by atoms with Crippen LogP contribution in [0.1, 0.15) is 10.4 Å². The van der Waals surface area contributed by atoms with Gasteiger partial charge in [-0.1, -0.05) is 24.3 Å². The number of carbonyl (C=O) groups is 1. The van der Waals surface area contributed by atoms with Crippen LogP contribution in [0.3, 0.4) is 0 Å². The Morgan fingerprint density at radius 2 is 1.53 bits per heavy atom. The standard InChI is InChI=1S/C8H5BF5O/c10-8(11)7(15)5-1-3-6(4-2-5)9(12,13)14/h1-4,8H/q-1. The SMILES string of the molecule is O=C(c1ccc([B-](F)(F)F)cc1)C(F)F. The lowest BCUT2D eigenvalue weighted by Crippen LogP contribution is -2.33. The van der Waals surface area contributed by atoms with E-state index in [0.717, 1.165) is 12.1 Å². The molecule has 0 saturated heterocycles. The van der Waals surface area contributed by atoms with Crippen LogP contribution in [0.2, 0.25) is 0 Å². The second kappa shape index (κ2) is 4.00. The van der Waals surface area contributed by atoms with Crippen molar-refractivity contribution in [3.05, 3.63) is 29.8 Å². The summed E-state index contributed by atoms with van der Waals surface area (Å²) in [5.74, 6) is -1.48. The van der Waals surface area contributed by atoms with Crippen LogP contribution in [0.5, 0.6) is 0 Å². The van der Waals surface area contributed by atoms with Crippen molar-refractivity contribution in [2.75, 3.05) is 0 Å². The number of hydrogen-bond acceptors (Lipinski definition) is 1. The van der Waals surface area contributed by atoms with E-state index >= 15 is 0 Å². The molecular weight excluding hydrogens is 218 g/mol. The van der Waals surface area contributed by atoms with Gasteiger partial charge in [-0.15, -0.1) is 5.46 Å². The molecule has 7 heteroatoms. The molecule has 15 heavy (non-hydrogen) atoms. The first-order chi connectivity index (χ1) is 6.82. The van der Waals surface area contributed by atoms with Crippen LogP contribution in [0.4, 0.5) is 21.7 Å². The zero-order valence-corrected chi connectivity index (χ0v) is 7.26. The summed E-state index contributed by atoms with van der Waals surface area (Å²) in [5, 5.41) is 0. The lowest BCUT2D eigenvalue weighted by Gasteiger charge is -2.14. The first-order valence-electron chi connectivity index (χ1n) is 3.94. The lowest BCUT2D eigenvalue weighted by molar-refractivity contribution is 0.0679. The highest BCUT2D eigenvalue weighted by Gasteiger charge is 2.26. The summed E-state index contributed by atoms with van der Waals surface area (Å²) >= 11 is 0. The molecule has 0 aliphatic rings. The zero-order chi connectivity index (χ0) is 11.6. The Morgan fingerprint density at radius 1 is 1.07 bits per heavy atom. The quantitative estimate of drug-likeness (QED) is 0.436. The number of Topliss-reactive ketones (excluding diaryl/α,β-unsaturated/α-hetero) is 1. The molecule has 0 atom stereocenters. The van der Waals surface area contributed by atoms with Gasteiger partial charge in [0.25, 0.3) is 0 Å². The summed E-state index contributed by atoms with van der Waals surface area (Å²) in [6.07, 6.45) is -3.20. The van der Waals surface area contributed by atoms with Crippen molar-refractivity contribution in [3.8, 4) is 0 Å². The normalized spacial score (nSPS) is 11.9. The maximum absolute atomic E-state index is 12.1. The highest BCUT2D eigenvalue weighted by atomic mass is 19.4. The van der Waals surface area contributed by atoms with Crippen molar-refractivity contribution in [1.82, 2.24) is 0 Å². The molecule has 0 aromatic heterocycles. The number of hydrogen-bond donors (Lipinski definition) is 0. The molecule has 0 N–H and O–H groups in total. The highest BCUT2D eigenvalue weighted by molar-refractivity contribution is 6.73. The van der Waals surface area contributed by atoms with Gasteiger partial charge in [0.2, 0.25) is 5.78 Å². The smallest absolute Gasteiger partial charge is 0.445 e. The van der Waals surface area contributed by atoms with Gasteiger partial charge in [0.15, 0.2) is 0 Å². The summed E-state index contributed by atoms with van der Waals surface area (Å²) in [6, 6.07) is 2.74. The van der Waals surface area contributed by atoms with Crippen LogP contribution >= 0.6 is 0 Å². The van der Waals surface area contributed by atoms with E-state index in [1.807, 2.05) is 0 Å². The molecule has 0 bridgehead atoms. The van der Waals surface area contributed by atoms with Gasteiger partial charge in [-0.3, -0.25) is 4.79 Å². The molecule has 1 rings (SSSR count). The third kappa shape index (κ3) is 2.77. The van der Waals surface area contributed by atoms with Crippen molar-refractivity contribution in [3.63, 3.8) is 0 Å². The maximum atomic E-state index is 12.1. The molecule has 1 aromatic rings. The van der Waals surface area contributed by atoms with Crippen LogP contribution < -0.4 is 5.46 Å². The number of halogens is 5. The fraction of sp³-hybridized carbons (Fsp3) is 0.125. The first kappa shape index (κ1) is 11.7. The van der Waals surface area contributed by atoms with Gasteiger partial charge in [0.05, 0.1) is 0 Å². The molecule has 0 fully saturated rings. The molecule has 0 spiro atoms. The third-order valence-corrected chi connectivity index (χ3v) is 1.77. The predicted molar refractivity (Wildman–Crippen MR) is 45.5 cm³/mol. The zero-order valence-electron chi connectivity index (χ0n) is 7.26. The Hall–Kier alpha value is -1.40. The van der Waals surface area contributed by atoms with E-state index in [0.29, 0.717) is 12.1 Å². The largest absolute Gasteiger partial charge is 0.509 e. The number of alkyl halides is 2. The van der Waals surface area contributed by atoms with E-state index < -0.39 is 30.2 Å². The van der Waals surface area contributed by atoms with Gasteiger partial charge in [-0.2, -0.15) is 0 Å². The summed E-state index contributed by atoms with van der Waals surface area (Å²) in [4.78, 5) is 10.7. The van der Waals surface area contributed by atoms with Crippen LogP contribution in [-0.4, -0.2) is 19.2 Å². The molecule has 0 radical (unpaired) electrons. The topological polar surface area (TPSA) is 17.1 Å². The van der Waals surface area contributed by atoms with E-state index in [9.17, 15) is 26.5 Å². The summed E-state index contributed by atoms with van der Waals surface area (Å²) in [5.41, 5.74) is -1.34. The Balaban J connectivity index is 2.96. The molecule has 1 nitrogen and oxygen atoms in total. The molecule has 82 valence electrons. The minimum atomic E-state index is -5.16. The average molecular weight is 223 g/mol. The molecule has 0 amide bonds. The molecule has 1 aromatic carbocycles. The van der Waals surface area contributed by atoms with Gasteiger partial charge in [0.1, 0.15) is 0 Å². The number of rotatable bonds is 3. The number of carbonyl (C=O) groups excluding carboxylic acids is 1. The summed E-state index contributed by atoms with van der Waals surface area (Å²) in [7, 11) is 0. The molecule has 0 unspecified atom stereocenters. The second-order valence-corrected chi connectivity index (χ2v) is 2.86. The van der Waals surface area contributed by atoms with Crippen molar-refractivity contribution >= 4 is 18.2 Å². The van der Waals surface area contributed by atoms with E-state index in [-0.39, 0.29) is 0 Å². The second-order valence-electron chi connectivity index (χ2n) is 2.86. The van der Waals surface area contributed by atoms with Crippen molar-refractivity contribution in [1.29, 1.82) is 0 Å². The third-order valence-electron chi connectivity index (χ3n) is 1.77. The lowest BCUT2D eigenvalue weighted by atomic mass is 9.80. The molecule has 0 aliphatic carbocycles. The van der Waals surface area contributed by atoms with E-state index in [1.165, 1.54) is 0 Å². The monoisotopic (exact) mass is 223 g/mol. The molecular formula is C8H5BF5O-. The minimum Gasteiger partial charge on any atom is -0.445 e. The average Bonchev–Trinajstić information content (AvgIpc) is 2.15. The Morgan fingerprint density at radius 3 is 1.87 bits per heavy atom.